The summed E-state index contributed by atoms with van der Waals surface area (Å²) in [7, 11) is 0. The molecule has 0 spiro atoms. The molecule has 80 valence electrons. The molecule has 0 saturated heterocycles. The van der Waals surface area contributed by atoms with Crippen LogP contribution in [0.4, 0.5) is 0 Å². The van der Waals surface area contributed by atoms with Gasteiger partial charge in [-0.05, 0) is 18.8 Å². The molecule has 2 fully saturated rings. The van der Waals surface area contributed by atoms with Gasteiger partial charge in [0.15, 0.2) is 5.78 Å². The summed E-state index contributed by atoms with van der Waals surface area (Å²) in [5, 5.41) is -0.139. The van der Waals surface area contributed by atoms with Crippen molar-refractivity contribution in [1.82, 2.24) is 0 Å². The first-order valence-corrected chi connectivity index (χ1v) is 6.42. The third kappa shape index (κ3) is 1.98. The highest BCUT2D eigenvalue weighted by molar-refractivity contribution is 6.34. The summed E-state index contributed by atoms with van der Waals surface area (Å²) in [5.74, 6) is 1.18. The Labute approximate surface area is 91.2 Å². The molecule has 1 nitrogen and oxygen atoms in total. The van der Waals surface area contributed by atoms with E-state index in [1.165, 1.54) is 44.9 Å². The lowest BCUT2D eigenvalue weighted by molar-refractivity contribution is -0.134. The zero-order valence-corrected chi connectivity index (χ0v) is 9.43. The maximum atomic E-state index is 11.5. The second kappa shape index (κ2) is 4.65. The molecular formula is C12H19ClO. The van der Waals surface area contributed by atoms with Crippen LogP contribution >= 0.6 is 11.6 Å². The summed E-state index contributed by atoms with van der Waals surface area (Å²) in [5.41, 5.74) is 0. The number of ketones is 1. The molecular weight excluding hydrogens is 196 g/mol. The predicted octanol–water partition coefficient (Wildman–Crippen LogP) is 3.54. The van der Waals surface area contributed by atoms with Crippen molar-refractivity contribution in [1.29, 1.82) is 0 Å². The zero-order valence-electron chi connectivity index (χ0n) is 8.68. The van der Waals surface area contributed by atoms with Gasteiger partial charge in [-0.1, -0.05) is 38.5 Å². The fourth-order valence-corrected chi connectivity index (χ4v) is 3.33. The minimum atomic E-state index is -0.139. The topological polar surface area (TPSA) is 17.1 Å². The molecule has 0 aromatic carbocycles. The number of hydrogen-bond donors (Lipinski definition) is 0. The Morgan fingerprint density at radius 2 is 1.50 bits per heavy atom. The van der Waals surface area contributed by atoms with Crippen LogP contribution in [0.1, 0.15) is 51.4 Å². The lowest BCUT2D eigenvalue weighted by Gasteiger charge is -2.40. The molecule has 0 amide bonds. The van der Waals surface area contributed by atoms with Gasteiger partial charge in [-0.3, -0.25) is 4.79 Å². The highest BCUT2D eigenvalue weighted by Gasteiger charge is 2.47. The quantitative estimate of drug-likeness (QED) is 0.564. The highest BCUT2D eigenvalue weighted by Crippen LogP contribution is 2.42. The molecule has 0 N–H and O–H groups in total. The van der Waals surface area contributed by atoms with Crippen molar-refractivity contribution in [2.45, 2.75) is 56.7 Å². The largest absolute Gasteiger partial charge is 0.298 e. The van der Waals surface area contributed by atoms with Gasteiger partial charge >= 0.3 is 0 Å². The van der Waals surface area contributed by atoms with Crippen LogP contribution in [0.25, 0.3) is 0 Å². The summed E-state index contributed by atoms with van der Waals surface area (Å²) < 4.78 is 0. The first kappa shape index (κ1) is 10.5. The van der Waals surface area contributed by atoms with Gasteiger partial charge in [0.1, 0.15) is 0 Å². The lowest BCUT2D eigenvalue weighted by atomic mass is 9.67. The number of fused-ring (bicyclic) bond motifs is 1. The van der Waals surface area contributed by atoms with Crippen molar-refractivity contribution in [3.8, 4) is 0 Å². The van der Waals surface area contributed by atoms with E-state index >= 15 is 0 Å². The minimum absolute atomic E-state index is 0.139. The molecule has 2 aliphatic rings. The van der Waals surface area contributed by atoms with Crippen LogP contribution in [0.2, 0.25) is 0 Å². The average Bonchev–Trinajstić information content (AvgIpc) is 2.23. The standard InChI is InChI=1S/C12H19ClO/c13-11-9-7-5-3-1-2-4-6-8-10(9)12(11)14/h9-11H,1-8H2/t9-,10+,11+/m0/s1. The number of hydrogen-bond acceptors (Lipinski definition) is 1. The van der Waals surface area contributed by atoms with Crippen LogP contribution in [-0.4, -0.2) is 11.2 Å². The molecule has 14 heavy (non-hydrogen) atoms. The lowest BCUT2D eigenvalue weighted by Crippen LogP contribution is -2.48. The minimum Gasteiger partial charge on any atom is -0.298 e. The Kier molecular flexibility index (Phi) is 3.48. The SMILES string of the molecule is O=C1[C@H](Cl)[C@H]2CCCCCCCC[C@@H]12. The van der Waals surface area contributed by atoms with E-state index in [-0.39, 0.29) is 5.38 Å². The van der Waals surface area contributed by atoms with Crippen LogP contribution in [0.15, 0.2) is 0 Å². The maximum absolute atomic E-state index is 11.5. The fourth-order valence-electron chi connectivity index (χ4n) is 2.87. The number of rotatable bonds is 0. The van der Waals surface area contributed by atoms with Crippen molar-refractivity contribution >= 4 is 17.4 Å². The number of carbonyl (C=O) groups excluding carboxylic acids is 1. The summed E-state index contributed by atoms with van der Waals surface area (Å²) >= 11 is 6.04. The third-order valence-electron chi connectivity index (χ3n) is 3.83. The Morgan fingerprint density at radius 3 is 2.21 bits per heavy atom. The van der Waals surface area contributed by atoms with Gasteiger partial charge in [-0.25, -0.2) is 0 Å². The molecule has 3 atom stereocenters. The monoisotopic (exact) mass is 214 g/mol. The van der Waals surface area contributed by atoms with E-state index in [4.69, 9.17) is 11.6 Å². The first-order chi connectivity index (χ1) is 6.80. The van der Waals surface area contributed by atoms with Crippen LogP contribution in [0.5, 0.6) is 0 Å². The molecule has 0 heterocycles. The molecule has 0 bridgehead atoms. The second-order valence-electron chi connectivity index (χ2n) is 4.77. The fraction of sp³-hybridized carbons (Fsp3) is 0.917. The molecule has 0 aromatic heterocycles. The Balaban J connectivity index is 1.90. The summed E-state index contributed by atoms with van der Waals surface area (Å²) in [4.78, 5) is 11.5. The number of Topliss-reactive ketones (excluding diaryl/α,β-unsaturated/α-hetero) is 1. The molecule has 0 aliphatic heterocycles. The first-order valence-electron chi connectivity index (χ1n) is 5.98. The Morgan fingerprint density at radius 1 is 0.929 bits per heavy atom. The van der Waals surface area contributed by atoms with E-state index in [1.807, 2.05) is 0 Å². The highest BCUT2D eigenvalue weighted by atomic mass is 35.5. The Hall–Kier alpha value is -0.0400. The summed E-state index contributed by atoms with van der Waals surface area (Å²) in [6.45, 7) is 0. The molecule has 0 unspecified atom stereocenters. The summed E-state index contributed by atoms with van der Waals surface area (Å²) in [6, 6.07) is 0. The van der Waals surface area contributed by atoms with E-state index in [2.05, 4.69) is 0 Å². The van der Waals surface area contributed by atoms with Gasteiger partial charge in [0.2, 0.25) is 0 Å². The smallest absolute Gasteiger partial charge is 0.154 e. The van der Waals surface area contributed by atoms with Crippen molar-refractivity contribution in [3.63, 3.8) is 0 Å². The predicted molar refractivity (Wildman–Crippen MR) is 58.6 cm³/mol. The molecule has 2 aliphatic carbocycles. The van der Waals surface area contributed by atoms with Crippen molar-refractivity contribution < 1.29 is 4.79 Å². The maximum Gasteiger partial charge on any atom is 0.154 e. The van der Waals surface area contributed by atoms with Crippen LogP contribution in [0, 0.1) is 11.8 Å². The molecule has 0 aromatic rings. The van der Waals surface area contributed by atoms with E-state index in [0.717, 1.165) is 6.42 Å². The Bertz CT molecular complexity index is 214. The van der Waals surface area contributed by atoms with Crippen LogP contribution < -0.4 is 0 Å². The van der Waals surface area contributed by atoms with Gasteiger partial charge in [-0.15, -0.1) is 11.6 Å². The molecule has 2 heteroatoms. The number of alkyl halides is 1. The van der Waals surface area contributed by atoms with Crippen molar-refractivity contribution in [2.24, 2.45) is 11.8 Å². The van der Waals surface area contributed by atoms with Crippen LogP contribution in [0.3, 0.4) is 0 Å². The van der Waals surface area contributed by atoms with Gasteiger partial charge in [0.05, 0.1) is 5.38 Å². The van der Waals surface area contributed by atoms with Gasteiger partial charge < -0.3 is 0 Å². The van der Waals surface area contributed by atoms with E-state index in [0.29, 0.717) is 17.6 Å². The second-order valence-corrected chi connectivity index (χ2v) is 5.24. The molecule has 2 rings (SSSR count). The van der Waals surface area contributed by atoms with Gasteiger partial charge in [0.25, 0.3) is 0 Å². The normalized spacial score (nSPS) is 39.8. The van der Waals surface area contributed by atoms with E-state index in [9.17, 15) is 4.79 Å². The third-order valence-corrected chi connectivity index (χ3v) is 4.37. The number of halogens is 1. The van der Waals surface area contributed by atoms with Gasteiger partial charge in [-0.2, -0.15) is 0 Å². The summed E-state index contributed by atoms with van der Waals surface area (Å²) in [6.07, 6.45) is 10.2. The van der Waals surface area contributed by atoms with E-state index < -0.39 is 0 Å². The van der Waals surface area contributed by atoms with E-state index in [1.54, 1.807) is 0 Å². The van der Waals surface area contributed by atoms with Crippen molar-refractivity contribution in [2.75, 3.05) is 0 Å². The number of carbonyl (C=O) groups is 1. The zero-order chi connectivity index (χ0) is 9.97. The average molecular weight is 215 g/mol. The van der Waals surface area contributed by atoms with Crippen LogP contribution in [-0.2, 0) is 4.79 Å². The molecule has 2 saturated carbocycles. The molecule has 0 radical (unpaired) electrons. The van der Waals surface area contributed by atoms with Crippen molar-refractivity contribution in [3.05, 3.63) is 0 Å². The van der Waals surface area contributed by atoms with Gasteiger partial charge in [0, 0.05) is 5.92 Å².